The van der Waals surface area contributed by atoms with Crippen molar-refractivity contribution in [3.8, 4) is 0 Å². The minimum Gasteiger partial charge on any atom is -0.338 e. The summed E-state index contributed by atoms with van der Waals surface area (Å²) in [6.07, 6.45) is 2.42. The third kappa shape index (κ3) is 2.92. The van der Waals surface area contributed by atoms with Crippen molar-refractivity contribution in [3.63, 3.8) is 0 Å². The minimum absolute atomic E-state index is 0.413. The van der Waals surface area contributed by atoms with Gasteiger partial charge in [0.1, 0.15) is 0 Å². The average Bonchev–Trinajstić information content (AvgIpc) is 3.29. The van der Waals surface area contributed by atoms with Crippen LogP contribution in [0.4, 0.5) is 0 Å². The van der Waals surface area contributed by atoms with Crippen molar-refractivity contribution in [3.05, 3.63) is 47.6 Å². The molecule has 0 radical (unpaired) electrons. The van der Waals surface area contributed by atoms with Crippen LogP contribution in [0.15, 0.2) is 34.9 Å². The molecule has 0 spiro atoms. The Balaban J connectivity index is 1.54. The molecule has 4 nitrogen and oxygen atoms in total. The Morgan fingerprint density at radius 3 is 2.86 bits per heavy atom. The first-order valence-corrected chi connectivity index (χ1v) is 9.09. The molecule has 4 rings (SSSR count). The fraction of sp³-hybridized carbons (Fsp3) is 0.529. The van der Waals surface area contributed by atoms with Crippen LogP contribution in [-0.2, 0) is 6.54 Å². The second-order valence-corrected chi connectivity index (χ2v) is 7.71. The van der Waals surface area contributed by atoms with Crippen LogP contribution in [0.5, 0.6) is 0 Å². The van der Waals surface area contributed by atoms with Crippen LogP contribution in [0.1, 0.15) is 49.0 Å². The highest BCUT2D eigenvalue weighted by molar-refractivity contribution is 8.00. The van der Waals surface area contributed by atoms with Crippen molar-refractivity contribution in [2.24, 2.45) is 0 Å². The molecule has 0 amide bonds. The van der Waals surface area contributed by atoms with Crippen molar-refractivity contribution >= 4 is 11.8 Å². The summed E-state index contributed by atoms with van der Waals surface area (Å²) >= 11 is 2.05. The predicted molar refractivity (Wildman–Crippen MR) is 87.8 cm³/mol. The maximum Gasteiger partial charge on any atom is 0.240 e. The highest BCUT2D eigenvalue weighted by atomic mass is 32.2. The summed E-state index contributed by atoms with van der Waals surface area (Å²) in [5, 5.41) is 4.71. The van der Waals surface area contributed by atoms with Crippen molar-refractivity contribution in [1.29, 1.82) is 0 Å². The molecule has 2 fully saturated rings. The molecule has 2 heterocycles. The lowest BCUT2D eigenvalue weighted by Crippen LogP contribution is -2.39. The first kappa shape index (κ1) is 14.3. The van der Waals surface area contributed by atoms with Gasteiger partial charge in [-0.05, 0) is 18.4 Å². The molecule has 0 bridgehead atoms. The van der Waals surface area contributed by atoms with Gasteiger partial charge < -0.3 is 4.52 Å². The second-order valence-electron chi connectivity index (χ2n) is 6.22. The van der Waals surface area contributed by atoms with E-state index in [2.05, 4.69) is 52.3 Å². The number of thioether (sulfide) groups is 1. The van der Waals surface area contributed by atoms with Gasteiger partial charge in [0.2, 0.25) is 5.89 Å². The molecule has 1 aliphatic heterocycles. The van der Waals surface area contributed by atoms with Crippen molar-refractivity contribution in [2.75, 3.05) is 12.3 Å². The highest BCUT2D eigenvalue weighted by Crippen LogP contribution is 2.39. The van der Waals surface area contributed by atoms with Gasteiger partial charge >= 0.3 is 0 Å². The van der Waals surface area contributed by atoms with Gasteiger partial charge in [-0.2, -0.15) is 16.7 Å². The van der Waals surface area contributed by atoms with Crippen molar-refractivity contribution in [2.45, 2.75) is 43.5 Å². The molecule has 1 saturated carbocycles. The molecule has 2 aliphatic rings. The molecule has 2 aromatic rings. The predicted octanol–water partition coefficient (Wildman–Crippen LogP) is 3.63. The maximum absolute atomic E-state index is 5.48. The van der Waals surface area contributed by atoms with Crippen LogP contribution in [0.2, 0.25) is 0 Å². The molecule has 0 N–H and O–H groups in total. The van der Waals surface area contributed by atoms with Crippen LogP contribution >= 0.6 is 11.8 Å². The van der Waals surface area contributed by atoms with Gasteiger partial charge in [-0.1, -0.05) is 42.4 Å². The Labute approximate surface area is 135 Å². The molecule has 1 aromatic carbocycles. The van der Waals surface area contributed by atoms with E-state index in [1.807, 2.05) is 11.8 Å². The molecule has 0 unspecified atom stereocenters. The van der Waals surface area contributed by atoms with E-state index in [4.69, 9.17) is 4.52 Å². The molecular weight excluding hydrogens is 294 g/mol. The summed E-state index contributed by atoms with van der Waals surface area (Å²) in [7, 11) is 0. The number of hydrogen-bond donors (Lipinski definition) is 0. The topological polar surface area (TPSA) is 42.2 Å². The number of benzene rings is 1. The van der Waals surface area contributed by atoms with Gasteiger partial charge in [0, 0.05) is 29.5 Å². The Morgan fingerprint density at radius 2 is 2.09 bits per heavy atom. The monoisotopic (exact) mass is 315 g/mol. The lowest BCUT2D eigenvalue weighted by atomic mass is 10.0. The van der Waals surface area contributed by atoms with Gasteiger partial charge in [0.05, 0.1) is 6.54 Å². The summed E-state index contributed by atoms with van der Waals surface area (Å²) < 4.78 is 5.48. The molecule has 2 atom stereocenters. The van der Waals surface area contributed by atoms with E-state index in [0.717, 1.165) is 30.6 Å². The van der Waals surface area contributed by atoms with Gasteiger partial charge in [-0.15, -0.1) is 0 Å². The summed E-state index contributed by atoms with van der Waals surface area (Å²) in [4.78, 5) is 7.08. The number of rotatable bonds is 4. The quantitative estimate of drug-likeness (QED) is 0.862. The smallest absolute Gasteiger partial charge is 0.240 e. The maximum atomic E-state index is 5.48. The molecule has 1 aliphatic carbocycles. The van der Waals surface area contributed by atoms with E-state index < -0.39 is 0 Å². The molecule has 22 heavy (non-hydrogen) atoms. The number of nitrogens with zero attached hydrogens (tertiary/aromatic N) is 3. The fourth-order valence-electron chi connectivity index (χ4n) is 3.21. The molecule has 1 saturated heterocycles. The van der Waals surface area contributed by atoms with Crippen LogP contribution in [0.25, 0.3) is 0 Å². The third-order valence-electron chi connectivity index (χ3n) is 4.50. The number of aromatic nitrogens is 2. The van der Waals surface area contributed by atoms with Crippen LogP contribution < -0.4 is 0 Å². The molecular formula is C17H21N3OS. The zero-order valence-electron chi connectivity index (χ0n) is 12.8. The second kappa shape index (κ2) is 6.05. The van der Waals surface area contributed by atoms with E-state index in [9.17, 15) is 0 Å². The minimum atomic E-state index is 0.413. The Kier molecular flexibility index (Phi) is 3.92. The largest absolute Gasteiger partial charge is 0.338 e. The van der Waals surface area contributed by atoms with Gasteiger partial charge in [-0.3, -0.25) is 4.90 Å². The van der Waals surface area contributed by atoms with Gasteiger partial charge in [0.25, 0.3) is 0 Å². The normalized spacial score (nSPS) is 26.2. The van der Waals surface area contributed by atoms with Gasteiger partial charge in [0.15, 0.2) is 5.82 Å². The van der Waals surface area contributed by atoms with E-state index in [-0.39, 0.29) is 0 Å². The van der Waals surface area contributed by atoms with E-state index in [1.165, 1.54) is 18.4 Å². The molecule has 116 valence electrons. The van der Waals surface area contributed by atoms with E-state index >= 15 is 0 Å². The summed E-state index contributed by atoms with van der Waals surface area (Å²) in [6.45, 7) is 4.14. The Hall–Kier alpha value is -1.33. The first-order chi connectivity index (χ1) is 10.8. The standard InChI is InChI=1S/C17H21N3OS/c1-12-16(13-5-3-2-4-6-13)20(9-10-22-12)11-15-18-17(19-21-15)14-7-8-14/h2-6,12,14,16H,7-11H2,1H3/t12-,16+/m1/s1. The SMILES string of the molecule is C[C@H]1SCCN(Cc2nc(C3CC3)no2)[C@@H]1c1ccccc1. The van der Waals surface area contributed by atoms with Crippen LogP contribution in [-0.4, -0.2) is 32.6 Å². The molecule has 1 aromatic heterocycles. The fourth-order valence-corrected chi connectivity index (χ4v) is 4.43. The van der Waals surface area contributed by atoms with E-state index in [1.54, 1.807) is 0 Å². The van der Waals surface area contributed by atoms with Crippen LogP contribution in [0, 0.1) is 0 Å². The Morgan fingerprint density at radius 1 is 1.27 bits per heavy atom. The Bertz CT molecular complexity index is 626. The number of hydrogen-bond acceptors (Lipinski definition) is 5. The van der Waals surface area contributed by atoms with Crippen molar-refractivity contribution < 1.29 is 4.52 Å². The summed E-state index contributed by atoms with van der Waals surface area (Å²) in [5.74, 6) is 3.39. The molecule has 5 heteroatoms. The van der Waals surface area contributed by atoms with Gasteiger partial charge in [-0.25, -0.2) is 0 Å². The third-order valence-corrected chi connectivity index (χ3v) is 5.70. The van der Waals surface area contributed by atoms with Crippen molar-refractivity contribution in [1.82, 2.24) is 15.0 Å². The highest BCUT2D eigenvalue weighted by Gasteiger charge is 2.33. The lowest BCUT2D eigenvalue weighted by Gasteiger charge is -2.39. The van der Waals surface area contributed by atoms with E-state index in [0.29, 0.717) is 17.2 Å². The van der Waals surface area contributed by atoms with Crippen LogP contribution in [0.3, 0.4) is 0 Å². The summed E-state index contributed by atoms with van der Waals surface area (Å²) in [5.41, 5.74) is 1.38. The average molecular weight is 315 g/mol. The first-order valence-electron chi connectivity index (χ1n) is 8.04. The lowest BCUT2D eigenvalue weighted by molar-refractivity contribution is 0.167. The zero-order chi connectivity index (χ0) is 14.9. The summed E-state index contributed by atoms with van der Waals surface area (Å²) in [6, 6.07) is 11.2. The zero-order valence-corrected chi connectivity index (χ0v) is 13.6.